The van der Waals surface area contributed by atoms with Crippen LogP contribution in [0.25, 0.3) is 11.1 Å². The predicted molar refractivity (Wildman–Crippen MR) is 95.8 cm³/mol. The van der Waals surface area contributed by atoms with E-state index in [1.165, 1.54) is 11.5 Å². The van der Waals surface area contributed by atoms with E-state index in [9.17, 15) is 4.79 Å². The summed E-state index contributed by atoms with van der Waals surface area (Å²) in [6.45, 7) is 3.48. The predicted octanol–water partition coefficient (Wildman–Crippen LogP) is 3.65. The molecule has 6 nitrogen and oxygen atoms in total. The van der Waals surface area contributed by atoms with Gasteiger partial charge < -0.3 is 9.32 Å². The summed E-state index contributed by atoms with van der Waals surface area (Å²) in [5.74, 6) is 0.912. The molecule has 0 saturated carbocycles. The molecule has 2 aromatic heterocycles. The monoisotopic (exact) mass is 356 g/mol. The number of oxazole rings is 1. The molecule has 130 valence electrons. The lowest BCUT2D eigenvalue weighted by molar-refractivity contribution is 0.0702. The normalized spacial score (nSPS) is 18.0. The van der Waals surface area contributed by atoms with Crippen LogP contribution in [0.1, 0.15) is 53.4 Å². The van der Waals surface area contributed by atoms with E-state index in [4.69, 9.17) is 4.42 Å². The zero-order valence-electron chi connectivity index (χ0n) is 14.1. The molecule has 0 aliphatic carbocycles. The van der Waals surface area contributed by atoms with Crippen molar-refractivity contribution in [3.63, 3.8) is 0 Å². The van der Waals surface area contributed by atoms with Gasteiger partial charge in [-0.15, -0.1) is 5.10 Å². The highest BCUT2D eigenvalue weighted by atomic mass is 32.1. The minimum Gasteiger partial charge on any atom is -0.440 e. The molecule has 1 amide bonds. The van der Waals surface area contributed by atoms with Gasteiger partial charge in [0.15, 0.2) is 11.5 Å². The molecule has 0 N–H and O–H groups in total. The zero-order valence-corrected chi connectivity index (χ0v) is 15.0. The third-order valence-corrected chi connectivity index (χ3v) is 5.36. The van der Waals surface area contributed by atoms with Gasteiger partial charge in [0.2, 0.25) is 0 Å². The smallest absolute Gasteiger partial charge is 0.267 e. The van der Waals surface area contributed by atoms with E-state index in [-0.39, 0.29) is 11.8 Å². The number of hydrogen-bond donors (Lipinski definition) is 0. The molecule has 1 unspecified atom stereocenters. The maximum Gasteiger partial charge on any atom is 0.267 e. The maximum atomic E-state index is 12.9. The average Bonchev–Trinajstić information content (AvgIpc) is 3.28. The SMILES string of the molecule is CCCc1nnsc1C(=O)N1CCCC(c2nc3ccccc3o2)C1. The number of aromatic nitrogens is 3. The second-order valence-electron chi connectivity index (χ2n) is 6.41. The van der Waals surface area contributed by atoms with Crippen molar-refractivity contribution in [2.45, 2.75) is 38.5 Å². The fourth-order valence-electron chi connectivity index (χ4n) is 3.34. The van der Waals surface area contributed by atoms with Crippen LogP contribution in [0.4, 0.5) is 0 Å². The lowest BCUT2D eigenvalue weighted by Crippen LogP contribution is -2.39. The fourth-order valence-corrected chi connectivity index (χ4v) is 4.02. The van der Waals surface area contributed by atoms with Gasteiger partial charge in [-0.05, 0) is 42.9 Å². The van der Waals surface area contributed by atoms with Gasteiger partial charge in [0, 0.05) is 13.1 Å². The van der Waals surface area contributed by atoms with Crippen molar-refractivity contribution >= 4 is 28.5 Å². The molecule has 1 fully saturated rings. The van der Waals surface area contributed by atoms with Gasteiger partial charge >= 0.3 is 0 Å². The van der Waals surface area contributed by atoms with Crippen LogP contribution in [-0.4, -0.2) is 38.5 Å². The third kappa shape index (κ3) is 3.16. The highest BCUT2D eigenvalue weighted by Gasteiger charge is 2.30. The third-order valence-electron chi connectivity index (χ3n) is 4.61. The fraction of sp³-hybridized carbons (Fsp3) is 0.444. The van der Waals surface area contributed by atoms with E-state index < -0.39 is 0 Å². The summed E-state index contributed by atoms with van der Waals surface area (Å²) in [6, 6.07) is 7.78. The van der Waals surface area contributed by atoms with Crippen LogP contribution in [-0.2, 0) is 6.42 Å². The number of amides is 1. The molecule has 4 rings (SSSR count). The van der Waals surface area contributed by atoms with Gasteiger partial charge in [-0.3, -0.25) is 4.79 Å². The standard InChI is InChI=1S/C18H20N4O2S/c1-2-6-14-16(25-21-20-14)18(23)22-10-5-7-12(11-22)17-19-13-8-3-4-9-15(13)24-17/h3-4,8-9,12H,2,5-7,10-11H2,1H3. The van der Waals surface area contributed by atoms with Gasteiger partial charge in [-0.25, -0.2) is 4.98 Å². The number of benzene rings is 1. The first kappa shape index (κ1) is 16.2. The molecule has 1 atom stereocenters. The second kappa shape index (κ2) is 6.92. The van der Waals surface area contributed by atoms with Crippen molar-refractivity contribution in [2.24, 2.45) is 0 Å². The Balaban J connectivity index is 1.54. The summed E-state index contributed by atoms with van der Waals surface area (Å²) in [5, 5.41) is 4.12. The van der Waals surface area contributed by atoms with E-state index >= 15 is 0 Å². The number of hydrogen-bond acceptors (Lipinski definition) is 6. The number of nitrogens with zero attached hydrogens (tertiary/aromatic N) is 4. The minimum absolute atomic E-state index is 0.0410. The Bertz CT molecular complexity index is 855. The highest BCUT2D eigenvalue weighted by Crippen LogP contribution is 2.30. The quantitative estimate of drug-likeness (QED) is 0.713. The number of aryl methyl sites for hydroxylation is 1. The maximum absolute atomic E-state index is 12.9. The zero-order chi connectivity index (χ0) is 17.2. The van der Waals surface area contributed by atoms with Crippen LogP contribution < -0.4 is 0 Å². The Morgan fingerprint density at radius 3 is 3.12 bits per heavy atom. The summed E-state index contributed by atoms with van der Waals surface area (Å²) < 4.78 is 9.89. The van der Waals surface area contributed by atoms with Gasteiger partial charge in [0.25, 0.3) is 5.91 Å². The summed E-state index contributed by atoms with van der Waals surface area (Å²) in [7, 11) is 0. The molecule has 0 radical (unpaired) electrons. The molecule has 3 heterocycles. The summed E-state index contributed by atoms with van der Waals surface area (Å²) in [5.41, 5.74) is 2.50. The van der Waals surface area contributed by atoms with E-state index in [1.54, 1.807) is 0 Å². The van der Waals surface area contributed by atoms with Crippen LogP contribution in [0.5, 0.6) is 0 Å². The van der Waals surface area contributed by atoms with Crippen molar-refractivity contribution in [1.82, 2.24) is 19.5 Å². The number of piperidine rings is 1. The Kier molecular flexibility index (Phi) is 4.48. The van der Waals surface area contributed by atoms with Crippen molar-refractivity contribution < 1.29 is 9.21 Å². The minimum atomic E-state index is 0.0410. The first-order valence-corrected chi connectivity index (χ1v) is 9.49. The van der Waals surface area contributed by atoms with Crippen molar-refractivity contribution in [3.05, 3.63) is 40.7 Å². The van der Waals surface area contributed by atoms with Crippen LogP contribution in [0, 0.1) is 0 Å². The van der Waals surface area contributed by atoms with Crippen LogP contribution in [0.2, 0.25) is 0 Å². The number of fused-ring (bicyclic) bond motifs is 1. The van der Waals surface area contributed by atoms with Crippen molar-refractivity contribution in [3.8, 4) is 0 Å². The number of rotatable bonds is 4. The Hall–Kier alpha value is -2.28. The number of carbonyl (C=O) groups is 1. The van der Waals surface area contributed by atoms with Gasteiger partial charge in [-0.2, -0.15) is 0 Å². The molecular weight excluding hydrogens is 336 g/mol. The lowest BCUT2D eigenvalue weighted by Gasteiger charge is -2.31. The first-order chi connectivity index (χ1) is 12.3. The number of carbonyl (C=O) groups excluding carboxylic acids is 1. The van der Waals surface area contributed by atoms with Crippen molar-refractivity contribution in [2.75, 3.05) is 13.1 Å². The number of para-hydroxylation sites is 2. The molecule has 7 heteroatoms. The highest BCUT2D eigenvalue weighted by molar-refractivity contribution is 7.08. The van der Waals surface area contributed by atoms with E-state index in [0.717, 1.165) is 54.9 Å². The average molecular weight is 356 g/mol. The van der Waals surface area contributed by atoms with Crippen molar-refractivity contribution in [1.29, 1.82) is 0 Å². The van der Waals surface area contributed by atoms with E-state index in [0.29, 0.717) is 11.4 Å². The Labute approximate surface area is 150 Å². The van der Waals surface area contributed by atoms with E-state index in [2.05, 4.69) is 21.5 Å². The molecule has 1 aromatic carbocycles. The lowest BCUT2D eigenvalue weighted by atomic mass is 9.97. The van der Waals surface area contributed by atoms with E-state index in [1.807, 2.05) is 29.2 Å². The van der Waals surface area contributed by atoms with Crippen LogP contribution in [0.3, 0.4) is 0 Å². The van der Waals surface area contributed by atoms with Crippen LogP contribution in [0.15, 0.2) is 28.7 Å². The summed E-state index contributed by atoms with van der Waals surface area (Å²) >= 11 is 1.20. The van der Waals surface area contributed by atoms with Crippen LogP contribution >= 0.6 is 11.5 Å². The molecule has 3 aromatic rings. The Morgan fingerprint density at radius 2 is 2.28 bits per heavy atom. The molecular formula is C18H20N4O2S. The first-order valence-electron chi connectivity index (χ1n) is 8.72. The summed E-state index contributed by atoms with van der Waals surface area (Å²) in [4.78, 5) is 20.1. The molecule has 0 spiro atoms. The van der Waals surface area contributed by atoms with Gasteiger partial charge in [0.05, 0.1) is 11.6 Å². The van der Waals surface area contributed by atoms with Gasteiger partial charge in [0.1, 0.15) is 10.4 Å². The molecule has 25 heavy (non-hydrogen) atoms. The largest absolute Gasteiger partial charge is 0.440 e. The molecule has 1 aliphatic heterocycles. The summed E-state index contributed by atoms with van der Waals surface area (Å²) in [6.07, 6.45) is 3.68. The topological polar surface area (TPSA) is 72.1 Å². The molecule has 0 bridgehead atoms. The number of likely N-dealkylation sites (tertiary alicyclic amines) is 1. The van der Waals surface area contributed by atoms with Gasteiger partial charge in [-0.1, -0.05) is 30.0 Å². The Morgan fingerprint density at radius 1 is 1.40 bits per heavy atom. The molecule has 1 saturated heterocycles. The molecule has 1 aliphatic rings. The second-order valence-corrected chi connectivity index (χ2v) is 7.16.